The fourth-order valence-electron chi connectivity index (χ4n) is 3.54. The van der Waals surface area contributed by atoms with E-state index in [9.17, 15) is 5.21 Å². The fourth-order valence-corrected chi connectivity index (χ4v) is 3.54. The van der Waals surface area contributed by atoms with Gasteiger partial charge in [0, 0.05) is 6.07 Å². The standard InChI is InChI=1S/C26H20N2O3/c29-28-22-14-8-15-23(30-17-19-9-3-1-4-10-19)25(22)27-21-13-7-16-24(26(21)28)31-18-20-11-5-2-6-12-20/h1-16H,17-18H2. The van der Waals surface area contributed by atoms with Crippen LogP contribution in [0.25, 0.3) is 22.1 Å². The quantitative estimate of drug-likeness (QED) is 0.221. The molecular formula is C26H20N2O3. The minimum Gasteiger partial charge on any atom is -0.618 e. The van der Waals surface area contributed by atoms with Crippen molar-refractivity contribution in [3.8, 4) is 11.5 Å². The Morgan fingerprint density at radius 1 is 0.645 bits per heavy atom. The van der Waals surface area contributed by atoms with E-state index in [0.29, 0.717) is 46.8 Å². The van der Waals surface area contributed by atoms with E-state index in [1.165, 1.54) is 0 Å². The van der Waals surface area contributed by atoms with Crippen molar-refractivity contribution in [2.75, 3.05) is 0 Å². The molecular weight excluding hydrogens is 388 g/mol. The van der Waals surface area contributed by atoms with E-state index in [4.69, 9.17) is 14.5 Å². The molecule has 5 rings (SSSR count). The van der Waals surface area contributed by atoms with Crippen molar-refractivity contribution in [2.24, 2.45) is 0 Å². The van der Waals surface area contributed by atoms with Gasteiger partial charge >= 0.3 is 0 Å². The Morgan fingerprint density at radius 3 is 1.90 bits per heavy atom. The van der Waals surface area contributed by atoms with Crippen LogP contribution in [0.1, 0.15) is 11.1 Å². The van der Waals surface area contributed by atoms with Gasteiger partial charge in [-0.2, -0.15) is 4.73 Å². The van der Waals surface area contributed by atoms with Crippen LogP contribution in [0.2, 0.25) is 0 Å². The molecule has 0 atom stereocenters. The number of benzene rings is 4. The molecule has 31 heavy (non-hydrogen) atoms. The predicted molar refractivity (Wildman–Crippen MR) is 120 cm³/mol. The minimum absolute atomic E-state index is 0.373. The zero-order chi connectivity index (χ0) is 21.0. The number of hydrogen-bond acceptors (Lipinski definition) is 4. The minimum atomic E-state index is 0.373. The van der Waals surface area contributed by atoms with E-state index in [1.807, 2.05) is 78.9 Å². The Balaban J connectivity index is 1.52. The normalized spacial score (nSPS) is 11.0. The molecule has 0 spiro atoms. The lowest BCUT2D eigenvalue weighted by Crippen LogP contribution is -2.29. The summed E-state index contributed by atoms with van der Waals surface area (Å²) in [5.74, 6) is 1.07. The van der Waals surface area contributed by atoms with Crippen molar-refractivity contribution in [3.63, 3.8) is 0 Å². The van der Waals surface area contributed by atoms with Gasteiger partial charge < -0.3 is 14.7 Å². The second kappa shape index (κ2) is 8.32. The first-order chi connectivity index (χ1) is 15.3. The molecule has 0 aliphatic rings. The van der Waals surface area contributed by atoms with Crippen molar-refractivity contribution in [2.45, 2.75) is 13.2 Å². The molecule has 0 fully saturated rings. The van der Waals surface area contributed by atoms with Gasteiger partial charge in [0.1, 0.15) is 18.7 Å². The zero-order valence-electron chi connectivity index (χ0n) is 16.8. The number of rotatable bonds is 6. The first-order valence-corrected chi connectivity index (χ1v) is 10.1. The summed E-state index contributed by atoms with van der Waals surface area (Å²) in [4.78, 5) is 4.74. The fraction of sp³-hybridized carbons (Fsp3) is 0.0769. The summed E-state index contributed by atoms with van der Waals surface area (Å²) in [6.07, 6.45) is 0. The summed E-state index contributed by atoms with van der Waals surface area (Å²) in [5, 5.41) is 13.3. The average molecular weight is 408 g/mol. The molecule has 5 heteroatoms. The SMILES string of the molecule is [O-][n+]1c2cccc(OCc3ccccc3)c2nc2cccc(OCc3ccccc3)c21. The van der Waals surface area contributed by atoms with E-state index in [0.717, 1.165) is 15.9 Å². The van der Waals surface area contributed by atoms with Crippen LogP contribution in [0.5, 0.6) is 11.5 Å². The van der Waals surface area contributed by atoms with Crippen LogP contribution in [0.3, 0.4) is 0 Å². The number of aromatic nitrogens is 2. The van der Waals surface area contributed by atoms with E-state index < -0.39 is 0 Å². The smallest absolute Gasteiger partial charge is 0.285 e. The van der Waals surface area contributed by atoms with Crippen LogP contribution in [0, 0.1) is 5.21 Å². The molecule has 0 bridgehead atoms. The van der Waals surface area contributed by atoms with Crippen molar-refractivity contribution in [1.82, 2.24) is 4.98 Å². The third-order valence-electron chi connectivity index (χ3n) is 5.08. The lowest BCUT2D eigenvalue weighted by atomic mass is 10.2. The molecule has 5 aromatic rings. The third-order valence-corrected chi connectivity index (χ3v) is 5.08. The van der Waals surface area contributed by atoms with Crippen LogP contribution in [-0.4, -0.2) is 4.98 Å². The van der Waals surface area contributed by atoms with E-state index in [1.54, 1.807) is 18.2 Å². The summed E-state index contributed by atoms with van der Waals surface area (Å²) >= 11 is 0. The maximum atomic E-state index is 13.3. The Morgan fingerprint density at radius 2 is 1.23 bits per heavy atom. The number of fused-ring (bicyclic) bond motifs is 2. The van der Waals surface area contributed by atoms with Crippen molar-refractivity contribution in [3.05, 3.63) is 113 Å². The van der Waals surface area contributed by atoms with E-state index in [2.05, 4.69) is 0 Å². The predicted octanol–water partition coefficient (Wildman–Crippen LogP) is 5.18. The lowest BCUT2D eigenvalue weighted by molar-refractivity contribution is -0.548. The molecule has 1 heterocycles. The van der Waals surface area contributed by atoms with Gasteiger partial charge in [0.15, 0.2) is 17.0 Å². The highest BCUT2D eigenvalue weighted by Crippen LogP contribution is 2.28. The van der Waals surface area contributed by atoms with Gasteiger partial charge in [-0.25, -0.2) is 4.98 Å². The maximum absolute atomic E-state index is 13.3. The highest BCUT2D eigenvalue weighted by Gasteiger charge is 2.19. The van der Waals surface area contributed by atoms with Gasteiger partial charge in [-0.05, 0) is 29.3 Å². The molecule has 0 amide bonds. The van der Waals surface area contributed by atoms with Crippen molar-refractivity contribution in [1.29, 1.82) is 0 Å². The number of hydrogen-bond donors (Lipinski definition) is 0. The van der Waals surface area contributed by atoms with Crippen molar-refractivity contribution < 1.29 is 14.2 Å². The second-order valence-corrected chi connectivity index (χ2v) is 7.20. The molecule has 5 nitrogen and oxygen atoms in total. The number of para-hydroxylation sites is 2. The first kappa shape index (κ1) is 18.9. The van der Waals surface area contributed by atoms with Gasteiger partial charge in [0.2, 0.25) is 5.52 Å². The first-order valence-electron chi connectivity index (χ1n) is 10.1. The maximum Gasteiger partial charge on any atom is 0.285 e. The molecule has 1 aromatic heterocycles. The lowest BCUT2D eigenvalue weighted by Gasteiger charge is -2.12. The van der Waals surface area contributed by atoms with E-state index >= 15 is 0 Å². The van der Waals surface area contributed by atoms with Gasteiger partial charge in [0.25, 0.3) is 5.52 Å². The molecule has 0 aliphatic heterocycles. The van der Waals surface area contributed by atoms with Crippen molar-refractivity contribution >= 4 is 22.1 Å². The van der Waals surface area contributed by atoms with Crippen LogP contribution in [-0.2, 0) is 13.2 Å². The van der Waals surface area contributed by atoms with Gasteiger partial charge in [-0.1, -0.05) is 72.8 Å². The van der Waals surface area contributed by atoms with Gasteiger partial charge in [0.05, 0.1) is 0 Å². The average Bonchev–Trinajstić information content (AvgIpc) is 2.83. The molecule has 0 aliphatic carbocycles. The van der Waals surface area contributed by atoms with Gasteiger partial charge in [-0.3, -0.25) is 0 Å². The molecule has 152 valence electrons. The second-order valence-electron chi connectivity index (χ2n) is 7.20. The summed E-state index contributed by atoms with van der Waals surface area (Å²) in [6, 6.07) is 30.6. The molecule has 0 unspecified atom stereocenters. The van der Waals surface area contributed by atoms with Crippen LogP contribution in [0.4, 0.5) is 0 Å². The molecule has 0 saturated heterocycles. The number of ether oxygens (including phenoxy) is 2. The van der Waals surface area contributed by atoms with Gasteiger partial charge in [-0.15, -0.1) is 0 Å². The highest BCUT2D eigenvalue weighted by molar-refractivity contribution is 5.88. The Kier molecular flexibility index (Phi) is 5.07. The summed E-state index contributed by atoms with van der Waals surface area (Å²) in [6.45, 7) is 0.775. The van der Waals surface area contributed by atoms with E-state index in [-0.39, 0.29) is 0 Å². The van der Waals surface area contributed by atoms with Crippen LogP contribution >= 0.6 is 0 Å². The number of nitrogens with zero attached hydrogens (tertiary/aromatic N) is 2. The highest BCUT2D eigenvalue weighted by atomic mass is 16.5. The summed E-state index contributed by atoms with van der Waals surface area (Å²) < 4.78 is 12.9. The summed E-state index contributed by atoms with van der Waals surface area (Å²) in [5.41, 5.74) is 4.01. The van der Waals surface area contributed by atoms with Crippen LogP contribution in [0.15, 0.2) is 97.1 Å². The summed E-state index contributed by atoms with van der Waals surface area (Å²) in [7, 11) is 0. The Hall–Kier alpha value is -4.12. The monoisotopic (exact) mass is 408 g/mol. The molecule has 0 saturated carbocycles. The zero-order valence-corrected chi connectivity index (χ0v) is 16.8. The van der Waals surface area contributed by atoms with Crippen LogP contribution < -0.4 is 14.2 Å². The Bertz CT molecular complexity index is 1340. The molecule has 0 radical (unpaired) electrons. The third kappa shape index (κ3) is 3.85. The molecule has 0 N–H and O–H groups in total. The molecule has 4 aromatic carbocycles. The topological polar surface area (TPSA) is 58.3 Å². The Labute approximate surface area is 179 Å². The largest absolute Gasteiger partial charge is 0.618 e.